The van der Waals surface area contributed by atoms with E-state index in [1.807, 2.05) is 0 Å². The highest BCUT2D eigenvalue weighted by molar-refractivity contribution is 7.89. The molecule has 0 saturated carbocycles. The Kier molecular flexibility index (Phi) is 3.24. The van der Waals surface area contributed by atoms with Gasteiger partial charge in [0.15, 0.2) is 0 Å². The first-order valence-corrected chi connectivity index (χ1v) is 5.57. The molecule has 0 aliphatic rings. The van der Waals surface area contributed by atoms with Crippen molar-refractivity contribution in [2.75, 3.05) is 14.1 Å². The van der Waals surface area contributed by atoms with Crippen LogP contribution in [0.5, 0.6) is 0 Å². The maximum atomic E-state index is 13.2. The molecular formula is C8H9FN2O4S. The van der Waals surface area contributed by atoms with Crippen LogP contribution in [0.25, 0.3) is 0 Å². The molecule has 0 N–H and O–H groups in total. The molecule has 0 aliphatic heterocycles. The Morgan fingerprint density at radius 1 is 1.38 bits per heavy atom. The number of nitro groups is 1. The smallest absolute Gasteiger partial charge is 0.258 e. The number of halogens is 1. The van der Waals surface area contributed by atoms with Gasteiger partial charge in [-0.3, -0.25) is 10.1 Å². The van der Waals surface area contributed by atoms with Crippen LogP contribution < -0.4 is 0 Å². The molecule has 1 rings (SSSR count). The van der Waals surface area contributed by atoms with E-state index in [1.165, 1.54) is 14.1 Å². The molecule has 0 amide bonds. The number of sulfonamides is 1. The second-order valence-electron chi connectivity index (χ2n) is 3.16. The molecular weight excluding hydrogens is 239 g/mol. The monoisotopic (exact) mass is 248 g/mol. The number of hydrogen-bond acceptors (Lipinski definition) is 4. The number of benzene rings is 1. The summed E-state index contributed by atoms with van der Waals surface area (Å²) < 4.78 is 37.2. The fraction of sp³-hybridized carbons (Fsp3) is 0.250. The third-order valence-electron chi connectivity index (χ3n) is 1.89. The van der Waals surface area contributed by atoms with Crippen LogP contribution in [0, 0.1) is 15.9 Å². The van der Waals surface area contributed by atoms with Gasteiger partial charge in [0.25, 0.3) is 0 Å². The normalized spacial score (nSPS) is 11.8. The van der Waals surface area contributed by atoms with Crippen molar-refractivity contribution < 1.29 is 17.7 Å². The van der Waals surface area contributed by atoms with E-state index in [9.17, 15) is 22.9 Å². The van der Waals surface area contributed by atoms with Crippen molar-refractivity contribution >= 4 is 15.7 Å². The Labute approximate surface area is 91.5 Å². The molecule has 16 heavy (non-hydrogen) atoms. The van der Waals surface area contributed by atoms with Gasteiger partial charge in [-0.2, -0.15) is 4.39 Å². The third kappa shape index (κ3) is 2.17. The van der Waals surface area contributed by atoms with E-state index in [0.29, 0.717) is 6.07 Å². The predicted octanol–water partition coefficient (Wildman–Crippen LogP) is 0.984. The average molecular weight is 248 g/mol. The first-order valence-electron chi connectivity index (χ1n) is 4.13. The summed E-state index contributed by atoms with van der Waals surface area (Å²) in [6.45, 7) is 0. The van der Waals surface area contributed by atoms with Crippen molar-refractivity contribution in [2.45, 2.75) is 4.90 Å². The minimum absolute atomic E-state index is 0.319. The fourth-order valence-electron chi connectivity index (χ4n) is 1.01. The van der Waals surface area contributed by atoms with Gasteiger partial charge in [0, 0.05) is 26.2 Å². The van der Waals surface area contributed by atoms with E-state index in [4.69, 9.17) is 0 Å². The van der Waals surface area contributed by atoms with Crippen molar-refractivity contribution in [3.05, 3.63) is 34.1 Å². The Bertz CT molecular complexity index is 527. The Morgan fingerprint density at radius 3 is 2.31 bits per heavy atom. The SMILES string of the molecule is CN(C)S(=O)(=O)c1ccc([N+](=O)[O-])c(F)c1. The van der Waals surface area contributed by atoms with E-state index < -0.39 is 26.5 Å². The van der Waals surface area contributed by atoms with Crippen LogP contribution >= 0.6 is 0 Å². The molecule has 1 aromatic rings. The van der Waals surface area contributed by atoms with Gasteiger partial charge in [0.1, 0.15) is 0 Å². The Balaban J connectivity index is 3.32. The molecule has 0 atom stereocenters. The van der Waals surface area contributed by atoms with Crippen LogP contribution in [-0.2, 0) is 10.0 Å². The highest BCUT2D eigenvalue weighted by atomic mass is 32.2. The third-order valence-corrected chi connectivity index (χ3v) is 3.71. The summed E-state index contributed by atoms with van der Waals surface area (Å²) in [5.41, 5.74) is -0.752. The molecule has 0 aromatic heterocycles. The summed E-state index contributed by atoms with van der Waals surface area (Å²) in [5, 5.41) is 10.3. The van der Waals surface area contributed by atoms with Crippen LogP contribution in [-0.4, -0.2) is 31.7 Å². The zero-order chi connectivity index (χ0) is 12.5. The molecule has 0 unspecified atom stereocenters. The number of rotatable bonds is 3. The second-order valence-corrected chi connectivity index (χ2v) is 5.31. The van der Waals surface area contributed by atoms with Crippen molar-refractivity contribution in [1.82, 2.24) is 4.31 Å². The highest BCUT2D eigenvalue weighted by Gasteiger charge is 2.22. The fourth-order valence-corrected chi connectivity index (χ4v) is 1.92. The van der Waals surface area contributed by atoms with Crippen LogP contribution in [0.1, 0.15) is 0 Å². The van der Waals surface area contributed by atoms with Crippen LogP contribution in [0.2, 0.25) is 0 Å². The average Bonchev–Trinajstić information content (AvgIpc) is 2.16. The van der Waals surface area contributed by atoms with Gasteiger partial charge in [0.2, 0.25) is 15.8 Å². The standard InChI is InChI=1S/C8H9FN2O4S/c1-10(2)16(14,15)6-3-4-8(11(12)13)7(9)5-6/h3-5H,1-2H3. The van der Waals surface area contributed by atoms with Gasteiger partial charge in [-0.1, -0.05) is 0 Å². The Morgan fingerprint density at radius 2 is 1.94 bits per heavy atom. The summed E-state index contributed by atoms with van der Waals surface area (Å²) in [4.78, 5) is 9.09. The maximum absolute atomic E-state index is 13.2. The van der Waals surface area contributed by atoms with Gasteiger partial charge >= 0.3 is 5.69 Å². The summed E-state index contributed by atoms with van der Waals surface area (Å²) in [6, 6.07) is 2.45. The minimum Gasteiger partial charge on any atom is -0.258 e. The zero-order valence-corrected chi connectivity index (χ0v) is 9.36. The first kappa shape index (κ1) is 12.5. The lowest BCUT2D eigenvalue weighted by atomic mass is 10.3. The first-order chi connectivity index (χ1) is 7.26. The predicted molar refractivity (Wildman–Crippen MR) is 53.9 cm³/mol. The molecule has 0 aliphatic carbocycles. The minimum atomic E-state index is -3.77. The molecule has 8 heteroatoms. The number of hydrogen-bond donors (Lipinski definition) is 0. The van der Waals surface area contributed by atoms with Gasteiger partial charge < -0.3 is 0 Å². The molecule has 88 valence electrons. The summed E-state index contributed by atoms with van der Waals surface area (Å²) >= 11 is 0. The second kappa shape index (κ2) is 4.14. The molecule has 1 aromatic carbocycles. The van der Waals surface area contributed by atoms with Gasteiger partial charge in [0.05, 0.1) is 9.82 Å². The van der Waals surface area contributed by atoms with Crippen molar-refractivity contribution in [2.24, 2.45) is 0 Å². The zero-order valence-electron chi connectivity index (χ0n) is 8.55. The van der Waals surface area contributed by atoms with Gasteiger partial charge in [-0.15, -0.1) is 0 Å². The molecule has 6 nitrogen and oxygen atoms in total. The van der Waals surface area contributed by atoms with Crippen molar-refractivity contribution in [3.63, 3.8) is 0 Å². The lowest BCUT2D eigenvalue weighted by Gasteiger charge is -2.10. The number of nitrogens with zero attached hydrogens (tertiary/aromatic N) is 2. The van der Waals surface area contributed by atoms with Gasteiger partial charge in [-0.05, 0) is 6.07 Å². The molecule has 0 radical (unpaired) electrons. The van der Waals surface area contributed by atoms with Crippen LogP contribution in [0.15, 0.2) is 23.1 Å². The topological polar surface area (TPSA) is 80.5 Å². The summed E-state index contributed by atoms with van der Waals surface area (Å²) in [7, 11) is -1.20. The van der Waals surface area contributed by atoms with E-state index >= 15 is 0 Å². The lowest BCUT2D eigenvalue weighted by molar-refractivity contribution is -0.387. The maximum Gasteiger partial charge on any atom is 0.304 e. The Hall–Kier alpha value is -1.54. The lowest BCUT2D eigenvalue weighted by Crippen LogP contribution is -2.22. The largest absolute Gasteiger partial charge is 0.304 e. The highest BCUT2D eigenvalue weighted by Crippen LogP contribution is 2.21. The molecule has 0 saturated heterocycles. The van der Waals surface area contributed by atoms with Crippen molar-refractivity contribution in [1.29, 1.82) is 0 Å². The number of nitro benzene ring substituents is 1. The van der Waals surface area contributed by atoms with Crippen LogP contribution in [0.3, 0.4) is 0 Å². The van der Waals surface area contributed by atoms with E-state index in [1.54, 1.807) is 0 Å². The molecule has 0 fully saturated rings. The van der Waals surface area contributed by atoms with E-state index in [2.05, 4.69) is 0 Å². The van der Waals surface area contributed by atoms with Gasteiger partial charge in [-0.25, -0.2) is 12.7 Å². The quantitative estimate of drug-likeness (QED) is 0.590. The molecule has 0 heterocycles. The summed E-state index contributed by atoms with van der Waals surface area (Å²) in [6.07, 6.45) is 0. The van der Waals surface area contributed by atoms with Crippen LogP contribution in [0.4, 0.5) is 10.1 Å². The molecule has 0 bridgehead atoms. The van der Waals surface area contributed by atoms with E-state index in [0.717, 1.165) is 16.4 Å². The molecule has 0 spiro atoms. The van der Waals surface area contributed by atoms with E-state index in [-0.39, 0.29) is 4.90 Å². The van der Waals surface area contributed by atoms with Crippen molar-refractivity contribution in [3.8, 4) is 0 Å². The summed E-state index contributed by atoms with van der Waals surface area (Å²) in [5.74, 6) is -1.17.